The van der Waals surface area contributed by atoms with Crippen LogP contribution in [0.15, 0.2) is 18.3 Å². The number of carbonyl (C=O) groups is 1. The Hall–Kier alpha value is -2.31. The van der Waals surface area contributed by atoms with E-state index >= 15 is 0 Å². The Morgan fingerprint density at radius 3 is 2.90 bits per heavy atom. The summed E-state index contributed by atoms with van der Waals surface area (Å²) in [4.78, 5) is 18.0. The smallest absolute Gasteiger partial charge is 0.308 e. The molecule has 1 fully saturated rings. The first-order chi connectivity index (χ1) is 9.69. The third kappa shape index (κ3) is 2.15. The molecular weight excluding hydrogens is 258 g/mol. The molecule has 2 aromatic heterocycles. The molecule has 7 heteroatoms. The highest BCUT2D eigenvalue weighted by molar-refractivity contribution is 5.74. The third-order valence-corrected chi connectivity index (χ3v) is 3.73. The van der Waals surface area contributed by atoms with E-state index in [1.807, 2.05) is 18.3 Å². The van der Waals surface area contributed by atoms with Gasteiger partial charge in [0.15, 0.2) is 5.65 Å². The number of nitrogen functional groups attached to an aromatic ring is 1. The van der Waals surface area contributed by atoms with Gasteiger partial charge in [-0.3, -0.25) is 4.79 Å². The van der Waals surface area contributed by atoms with Crippen molar-refractivity contribution >= 4 is 23.3 Å². The second-order valence-corrected chi connectivity index (χ2v) is 4.92. The molecule has 0 bridgehead atoms. The van der Waals surface area contributed by atoms with E-state index in [1.54, 1.807) is 4.52 Å². The predicted octanol–water partition coefficient (Wildman–Crippen LogP) is 0.701. The summed E-state index contributed by atoms with van der Waals surface area (Å²) in [5, 5.41) is 4.11. The lowest BCUT2D eigenvalue weighted by Crippen LogP contribution is -2.37. The first-order valence-electron chi connectivity index (χ1n) is 6.62. The largest absolute Gasteiger partial charge is 0.469 e. The lowest BCUT2D eigenvalue weighted by Gasteiger charge is -2.32. The number of esters is 1. The topological polar surface area (TPSA) is 85.8 Å². The van der Waals surface area contributed by atoms with Crippen LogP contribution in [0.4, 0.5) is 11.6 Å². The number of pyridine rings is 1. The van der Waals surface area contributed by atoms with Crippen molar-refractivity contribution in [3.63, 3.8) is 0 Å². The van der Waals surface area contributed by atoms with Gasteiger partial charge in [0.1, 0.15) is 0 Å². The number of ether oxygens (including phenoxy) is 1. The number of nitrogens with two attached hydrogens (primary N) is 1. The molecule has 0 amide bonds. The maximum Gasteiger partial charge on any atom is 0.308 e. The van der Waals surface area contributed by atoms with Crippen molar-refractivity contribution in [3.05, 3.63) is 18.3 Å². The van der Waals surface area contributed by atoms with Gasteiger partial charge in [-0.2, -0.15) is 4.98 Å². The van der Waals surface area contributed by atoms with E-state index in [-0.39, 0.29) is 17.8 Å². The molecule has 0 saturated carbocycles. The molecule has 1 saturated heterocycles. The maximum atomic E-state index is 11.5. The van der Waals surface area contributed by atoms with Gasteiger partial charge in [0.25, 0.3) is 0 Å². The molecule has 2 N–H and O–H groups in total. The number of piperidine rings is 1. The van der Waals surface area contributed by atoms with Crippen LogP contribution in [0.2, 0.25) is 0 Å². The summed E-state index contributed by atoms with van der Waals surface area (Å²) >= 11 is 0. The fourth-order valence-electron chi connectivity index (χ4n) is 2.68. The summed E-state index contributed by atoms with van der Waals surface area (Å²) in [6.45, 7) is 1.60. The lowest BCUT2D eigenvalue weighted by atomic mass is 9.97. The van der Waals surface area contributed by atoms with Crippen molar-refractivity contribution in [2.45, 2.75) is 12.8 Å². The Morgan fingerprint density at radius 1 is 1.45 bits per heavy atom. The van der Waals surface area contributed by atoms with Gasteiger partial charge in [0.05, 0.1) is 18.7 Å². The number of nitrogens with zero attached hydrogens (tertiary/aromatic N) is 4. The van der Waals surface area contributed by atoms with E-state index in [0.717, 1.165) is 37.3 Å². The van der Waals surface area contributed by atoms with Gasteiger partial charge in [0.2, 0.25) is 5.95 Å². The van der Waals surface area contributed by atoms with Gasteiger partial charge in [-0.15, -0.1) is 5.10 Å². The quantitative estimate of drug-likeness (QED) is 0.812. The monoisotopic (exact) mass is 275 g/mol. The molecule has 1 aliphatic heterocycles. The first kappa shape index (κ1) is 12.7. The Kier molecular flexibility index (Phi) is 3.17. The summed E-state index contributed by atoms with van der Waals surface area (Å²) in [5.41, 5.74) is 7.40. The van der Waals surface area contributed by atoms with Crippen LogP contribution >= 0.6 is 0 Å². The average molecular weight is 275 g/mol. The number of rotatable bonds is 2. The fourth-order valence-corrected chi connectivity index (χ4v) is 2.68. The standard InChI is InChI=1S/C13H17N5O2/c1-20-12(19)9-4-7-17(8-5-9)10-3-2-6-18-11(10)15-13(14)16-18/h2-3,6,9H,4-5,7-8H2,1H3,(H2,14,16). The molecule has 0 spiro atoms. The van der Waals surface area contributed by atoms with Crippen molar-refractivity contribution in [2.75, 3.05) is 30.8 Å². The minimum atomic E-state index is -0.116. The van der Waals surface area contributed by atoms with Crippen molar-refractivity contribution in [3.8, 4) is 0 Å². The van der Waals surface area contributed by atoms with Crippen LogP contribution in [0.3, 0.4) is 0 Å². The SMILES string of the molecule is COC(=O)C1CCN(c2cccn3nc(N)nc23)CC1. The van der Waals surface area contributed by atoms with Crippen LogP contribution in [0.25, 0.3) is 5.65 Å². The minimum absolute atomic E-state index is 0.000998. The molecule has 0 aromatic carbocycles. The number of hydrogen-bond acceptors (Lipinski definition) is 6. The van der Waals surface area contributed by atoms with Crippen LogP contribution in [0, 0.1) is 5.92 Å². The highest BCUT2D eigenvalue weighted by Crippen LogP contribution is 2.26. The molecule has 0 radical (unpaired) electrons. The van der Waals surface area contributed by atoms with Crippen LogP contribution in [-0.4, -0.2) is 40.8 Å². The zero-order valence-corrected chi connectivity index (χ0v) is 11.3. The van der Waals surface area contributed by atoms with Gasteiger partial charge in [-0.25, -0.2) is 4.52 Å². The summed E-state index contributed by atoms with van der Waals surface area (Å²) in [5.74, 6) is 0.149. The van der Waals surface area contributed by atoms with Crippen LogP contribution < -0.4 is 10.6 Å². The highest BCUT2D eigenvalue weighted by Gasteiger charge is 2.26. The Balaban J connectivity index is 1.81. The Bertz CT molecular complexity index is 631. The van der Waals surface area contributed by atoms with Crippen LogP contribution in [0.5, 0.6) is 0 Å². The van der Waals surface area contributed by atoms with Crippen LogP contribution in [-0.2, 0) is 9.53 Å². The van der Waals surface area contributed by atoms with Gasteiger partial charge in [-0.1, -0.05) is 0 Å². The van der Waals surface area contributed by atoms with Gasteiger partial charge < -0.3 is 15.4 Å². The van der Waals surface area contributed by atoms with Gasteiger partial charge >= 0.3 is 5.97 Å². The van der Waals surface area contributed by atoms with E-state index in [0.29, 0.717) is 0 Å². The molecule has 0 aliphatic carbocycles. The molecule has 2 aromatic rings. The number of fused-ring (bicyclic) bond motifs is 1. The average Bonchev–Trinajstić information content (AvgIpc) is 2.86. The minimum Gasteiger partial charge on any atom is -0.469 e. The number of carbonyl (C=O) groups excluding carboxylic acids is 1. The predicted molar refractivity (Wildman–Crippen MR) is 74.4 cm³/mol. The third-order valence-electron chi connectivity index (χ3n) is 3.73. The van der Waals surface area contributed by atoms with Crippen molar-refractivity contribution in [1.82, 2.24) is 14.6 Å². The zero-order valence-electron chi connectivity index (χ0n) is 11.3. The highest BCUT2D eigenvalue weighted by atomic mass is 16.5. The lowest BCUT2D eigenvalue weighted by molar-refractivity contribution is -0.146. The number of hydrogen-bond donors (Lipinski definition) is 1. The molecule has 1 aliphatic rings. The molecule has 3 rings (SSSR count). The van der Waals surface area contributed by atoms with Crippen molar-refractivity contribution in [2.24, 2.45) is 5.92 Å². The summed E-state index contributed by atoms with van der Waals surface area (Å²) < 4.78 is 6.48. The molecule has 20 heavy (non-hydrogen) atoms. The Morgan fingerprint density at radius 2 is 2.20 bits per heavy atom. The molecular formula is C13H17N5O2. The molecule has 0 unspecified atom stereocenters. The number of methoxy groups -OCH3 is 1. The zero-order chi connectivity index (χ0) is 14.1. The molecule has 106 valence electrons. The van der Waals surface area contributed by atoms with E-state index in [1.165, 1.54) is 7.11 Å². The fraction of sp³-hybridized carbons (Fsp3) is 0.462. The number of anilines is 2. The van der Waals surface area contributed by atoms with Crippen molar-refractivity contribution < 1.29 is 9.53 Å². The number of aromatic nitrogens is 3. The van der Waals surface area contributed by atoms with Crippen LogP contribution in [0.1, 0.15) is 12.8 Å². The molecule has 3 heterocycles. The summed E-state index contributed by atoms with van der Waals surface area (Å²) in [6, 6.07) is 3.92. The van der Waals surface area contributed by atoms with Gasteiger partial charge in [0, 0.05) is 19.3 Å². The molecule has 7 nitrogen and oxygen atoms in total. The van der Waals surface area contributed by atoms with E-state index in [2.05, 4.69) is 15.0 Å². The van der Waals surface area contributed by atoms with Gasteiger partial charge in [-0.05, 0) is 25.0 Å². The maximum absolute atomic E-state index is 11.5. The van der Waals surface area contributed by atoms with E-state index in [4.69, 9.17) is 10.5 Å². The summed E-state index contributed by atoms with van der Waals surface area (Å²) in [7, 11) is 1.44. The van der Waals surface area contributed by atoms with Crippen molar-refractivity contribution in [1.29, 1.82) is 0 Å². The summed E-state index contributed by atoms with van der Waals surface area (Å²) in [6.07, 6.45) is 3.40. The second kappa shape index (κ2) is 4.99. The first-order valence-corrected chi connectivity index (χ1v) is 6.62. The van der Waals surface area contributed by atoms with E-state index in [9.17, 15) is 4.79 Å². The second-order valence-electron chi connectivity index (χ2n) is 4.92. The van der Waals surface area contributed by atoms with E-state index < -0.39 is 0 Å². The Labute approximate surface area is 116 Å². The molecule has 0 atom stereocenters. The normalized spacial score (nSPS) is 16.6.